The number of urea groups is 1. The molecule has 0 radical (unpaired) electrons. The number of nitrogens with one attached hydrogen (secondary N) is 2. The van der Waals surface area contributed by atoms with E-state index in [-0.39, 0.29) is 6.04 Å². The van der Waals surface area contributed by atoms with Gasteiger partial charge >= 0.3 is 12.0 Å². The van der Waals surface area contributed by atoms with Crippen LogP contribution in [0.1, 0.15) is 32.6 Å². The number of amides is 2. The van der Waals surface area contributed by atoms with E-state index in [9.17, 15) is 9.59 Å². The molecule has 0 aliphatic carbocycles. The fourth-order valence-electron chi connectivity index (χ4n) is 2.54. The molecule has 2 unspecified atom stereocenters. The van der Waals surface area contributed by atoms with Crippen molar-refractivity contribution in [1.82, 2.24) is 15.5 Å². The van der Waals surface area contributed by atoms with Crippen LogP contribution in [-0.2, 0) is 9.53 Å². The van der Waals surface area contributed by atoms with Crippen LogP contribution in [0.2, 0.25) is 0 Å². The van der Waals surface area contributed by atoms with Crippen LogP contribution in [-0.4, -0.2) is 67.4 Å². The number of carboxylic acids is 1. The Morgan fingerprint density at radius 3 is 2.86 bits per heavy atom. The van der Waals surface area contributed by atoms with E-state index in [1.54, 1.807) is 7.11 Å². The average molecular weight is 301 g/mol. The van der Waals surface area contributed by atoms with Gasteiger partial charge in [-0.25, -0.2) is 9.59 Å². The average Bonchev–Trinajstić information content (AvgIpc) is 2.46. The topological polar surface area (TPSA) is 90.9 Å². The van der Waals surface area contributed by atoms with Crippen molar-refractivity contribution < 1.29 is 19.4 Å². The lowest BCUT2D eigenvalue weighted by Gasteiger charge is -2.32. The van der Waals surface area contributed by atoms with Crippen LogP contribution >= 0.6 is 0 Å². The Morgan fingerprint density at radius 2 is 2.24 bits per heavy atom. The van der Waals surface area contributed by atoms with Gasteiger partial charge in [-0.3, -0.25) is 0 Å². The Hall–Kier alpha value is -1.34. The second-order valence-corrected chi connectivity index (χ2v) is 5.38. The molecular formula is C14H27N3O4. The highest BCUT2D eigenvalue weighted by molar-refractivity contribution is 5.82. The molecule has 2 atom stereocenters. The summed E-state index contributed by atoms with van der Waals surface area (Å²) in [6.45, 7) is 5.44. The van der Waals surface area contributed by atoms with Gasteiger partial charge in [0.2, 0.25) is 0 Å². The number of carbonyl (C=O) groups excluding carboxylic acids is 1. The summed E-state index contributed by atoms with van der Waals surface area (Å²) < 4.78 is 4.90. The van der Waals surface area contributed by atoms with Crippen molar-refractivity contribution in [2.45, 2.75) is 44.7 Å². The van der Waals surface area contributed by atoms with Crippen molar-refractivity contribution in [2.75, 3.05) is 33.4 Å². The fraction of sp³-hybridized carbons (Fsp3) is 0.857. The van der Waals surface area contributed by atoms with Crippen LogP contribution in [0.4, 0.5) is 4.79 Å². The highest BCUT2D eigenvalue weighted by Crippen LogP contribution is 2.09. The minimum atomic E-state index is -1.01. The monoisotopic (exact) mass is 301 g/mol. The number of methoxy groups -OCH3 is 1. The summed E-state index contributed by atoms with van der Waals surface area (Å²) in [4.78, 5) is 25.3. The molecule has 122 valence electrons. The molecule has 7 nitrogen and oxygen atoms in total. The highest BCUT2D eigenvalue weighted by atomic mass is 16.5. The second kappa shape index (κ2) is 9.57. The summed E-state index contributed by atoms with van der Waals surface area (Å²) >= 11 is 0. The third-order valence-corrected chi connectivity index (χ3v) is 3.73. The number of hydrogen-bond donors (Lipinski definition) is 3. The van der Waals surface area contributed by atoms with Crippen molar-refractivity contribution in [3.8, 4) is 0 Å². The molecule has 21 heavy (non-hydrogen) atoms. The summed E-state index contributed by atoms with van der Waals surface area (Å²) in [6, 6.07) is -1.18. The number of carbonyl (C=O) groups is 2. The lowest BCUT2D eigenvalue weighted by Crippen LogP contribution is -2.53. The SMILES string of the molecule is CCN1CCCC(NC(=O)NC(CCCOC)C(=O)O)C1. The van der Waals surface area contributed by atoms with E-state index in [0.717, 1.165) is 32.5 Å². The van der Waals surface area contributed by atoms with Crippen LogP contribution in [0.15, 0.2) is 0 Å². The zero-order valence-corrected chi connectivity index (χ0v) is 12.9. The Labute approximate surface area is 126 Å². The van der Waals surface area contributed by atoms with Crippen LogP contribution in [0.3, 0.4) is 0 Å². The van der Waals surface area contributed by atoms with Gasteiger partial charge in [-0.2, -0.15) is 0 Å². The van der Waals surface area contributed by atoms with Crippen molar-refractivity contribution in [1.29, 1.82) is 0 Å². The minimum absolute atomic E-state index is 0.0899. The molecule has 0 aromatic rings. The van der Waals surface area contributed by atoms with Crippen molar-refractivity contribution in [3.63, 3.8) is 0 Å². The number of piperidine rings is 1. The number of rotatable bonds is 8. The maximum absolute atomic E-state index is 11.9. The molecule has 0 spiro atoms. The third-order valence-electron chi connectivity index (χ3n) is 3.73. The molecule has 1 rings (SSSR count). The van der Waals surface area contributed by atoms with E-state index >= 15 is 0 Å². The van der Waals surface area contributed by atoms with Gasteiger partial charge in [0, 0.05) is 26.3 Å². The van der Waals surface area contributed by atoms with E-state index in [1.165, 1.54) is 0 Å². The van der Waals surface area contributed by atoms with Gasteiger partial charge in [0.1, 0.15) is 6.04 Å². The third kappa shape index (κ3) is 6.77. The molecule has 1 aliphatic heterocycles. The normalized spacial score (nSPS) is 20.8. The number of likely N-dealkylation sites (N-methyl/N-ethyl adjacent to an activating group) is 1. The first-order valence-corrected chi connectivity index (χ1v) is 7.58. The number of ether oxygens (including phenoxy) is 1. The lowest BCUT2D eigenvalue weighted by atomic mass is 10.1. The standard InChI is InChI=1S/C14H27N3O4/c1-3-17-8-4-6-11(10-17)15-14(20)16-12(13(18)19)7-5-9-21-2/h11-12H,3-10H2,1-2H3,(H,18,19)(H2,15,16,20). The van der Waals surface area contributed by atoms with E-state index in [4.69, 9.17) is 9.84 Å². The Kier molecular flexibility index (Phi) is 8.07. The van der Waals surface area contributed by atoms with Gasteiger partial charge in [0.05, 0.1) is 0 Å². The predicted molar refractivity (Wildman–Crippen MR) is 79.3 cm³/mol. The van der Waals surface area contributed by atoms with Crippen LogP contribution in [0.5, 0.6) is 0 Å². The Morgan fingerprint density at radius 1 is 1.48 bits per heavy atom. The first-order valence-electron chi connectivity index (χ1n) is 7.58. The number of nitrogens with zero attached hydrogens (tertiary/aromatic N) is 1. The fourth-order valence-corrected chi connectivity index (χ4v) is 2.54. The van der Waals surface area contributed by atoms with E-state index in [1.807, 2.05) is 0 Å². The first kappa shape index (κ1) is 17.7. The summed E-state index contributed by atoms with van der Waals surface area (Å²) in [6.07, 6.45) is 2.95. The van der Waals surface area contributed by atoms with Crippen molar-refractivity contribution in [2.24, 2.45) is 0 Å². The molecule has 1 aliphatic rings. The molecule has 1 saturated heterocycles. The molecule has 1 fully saturated rings. The predicted octanol–water partition coefficient (Wildman–Crippen LogP) is 0.650. The molecular weight excluding hydrogens is 274 g/mol. The molecule has 0 aromatic heterocycles. The molecule has 0 bridgehead atoms. The molecule has 3 N–H and O–H groups in total. The number of likely N-dealkylation sites (tertiary alicyclic amines) is 1. The highest BCUT2D eigenvalue weighted by Gasteiger charge is 2.23. The van der Waals surface area contributed by atoms with Gasteiger partial charge in [0.15, 0.2) is 0 Å². The smallest absolute Gasteiger partial charge is 0.326 e. The largest absolute Gasteiger partial charge is 0.480 e. The summed E-state index contributed by atoms with van der Waals surface area (Å²) in [5.41, 5.74) is 0. The quantitative estimate of drug-likeness (QED) is 0.573. The summed E-state index contributed by atoms with van der Waals surface area (Å²) in [7, 11) is 1.57. The molecule has 0 saturated carbocycles. The molecule has 0 aromatic carbocycles. The number of aliphatic carboxylic acids is 1. The van der Waals surface area contributed by atoms with Crippen LogP contribution in [0.25, 0.3) is 0 Å². The minimum Gasteiger partial charge on any atom is -0.480 e. The van der Waals surface area contributed by atoms with Gasteiger partial charge in [-0.05, 0) is 38.8 Å². The van der Waals surface area contributed by atoms with Crippen LogP contribution < -0.4 is 10.6 Å². The summed E-state index contributed by atoms with van der Waals surface area (Å²) in [5.74, 6) is -1.01. The number of carboxylic acid groups (broad SMARTS) is 1. The van der Waals surface area contributed by atoms with E-state index < -0.39 is 18.0 Å². The first-order chi connectivity index (χ1) is 10.1. The molecule has 2 amide bonds. The lowest BCUT2D eigenvalue weighted by molar-refractivity contribution is -0.139. The summed E-state index contributed by atoms with van der Waals surface area (Å²) in [5, 5.41) is 14.5. The maximum Gasteiger partial charge on any atom is 0.326 e. The van der Waals surface area contributed by atoms with Gasteiger partial charge in [-0.15, -0.1) is 0 Å². The molecule has 1 heterocycles. The molecule has 7 heteroatoms. The number of hydrogen-bond acceptors (Lipinski definition) is 4. The van der Waals surface area contributed by atoms with Gasteiger partial charge in [-0.1, -0.05) is 6.92 Å². The van der Waals surface area contributed by atoms with Gasteiger partial charge < -0.3 is 25.4 Å². The zero-order chi connectivity index (χ0) is 15.7. The Bertz CT molecular complexity index is 338. The van der Waals surface area contributed by atoms with E-state index in [0.29, 0.717) is 19.4 Å². The second-order valence-electron chi connectivity index (χ2n) is 5.38. The van der Waals surface area contributed by atoms with Crippen molar-refractivity contribution in [3.05, 3.63) is 0 Å². The zero-order valence-electron chi connectivity index (χ0n) is 12.9. The van der Waals surface area contributed by atoms with E-state index in [2.05, 4.69) is 22.5 Å². The van der Waals surface area contributed by atoms with Crippen molar-refractivity contribution >= 4 is 12.0 Å². The van der Waals surface area contributed by atoms with Gasteiger partial charge in [0.25, 0.3) is 0 Å². The Balaban J connectivity index is 2.37. The maximum atomic E-state index is 11.9. The van der Waals surface area contributed by atoms with Crippen LogP contribution in [0, 0.1) is 0 Å².